The third-order valence-electron chi connectivity index (χ3n) is 3.84. The number of methoxy groups -OCH3 is 1. The van der Waals surface area contributed by atoms with E-state index in [0.717, 1.165) is 22.6 Å². The zero-order valence-electron chi connectivity index (χ0n) is 13.9. The summed E-state index contributed by atoms with van der Waals surface area (Å²) in [4.78, 5) is 16.1. The van der Waals surface area contributed by atoms with Crippen LogP contribution < -0.4 is 0 Å². The van der Waals surface area contributed by atoms with Gasteiger partial charge in [0.25, 0.3) is 0 Å². The molecule has 0 N–H and O–H groups in total. The molecule has 3 rings (SSSR count). The number of esters is 1. The molecule has 1 heterocycles. The first-order valence-electron chi connectivity index (χ1n) is 7.75. The van der Waals surface area contributed by atoms with E-state index in [1.165, 1.54) is 7.11 Å². The Morgan fingerprint density at radius 2 is 1.92 bits per heavy atom. The third kappa shape index (κ3) is 3.80. The Labute approximate surface area is 151 Å². The summed E-state index contributed by atoms with van der Waals surface area (Å²) in [6.07, 6.45) is 3.77. The van der Waals surface area contributed by atoms with E-state index in [4.69, 9.17) is 16.3 Å². The minimum absolute atomic E-state index is 0.352. The molecular weight excluding hydrogens is 336 g/mol. The predicted molar refractivity (Wildman–Crippen MR) is 101 cm³/mol. The normalized spacial score (nSPS) is 11.0. The maximum Gasteiger partial charge on any atom is 0.337 e. The van der Waals surface area contributed by atoms with Gasteiger partial charge in [0, 0.05) is 16.9 Å². The van der Waals surface area contributed by atoms with Crippen molar-refractivity contribution < 1.29 is 9.53 Å². The zero-order chi connectivity index (χ0) is 17.8. The fraction of sp³-hybridized carbons (Fsp3) is 0.100. The van der Waals surface area contributed by atoms with E-state index in [1.807, 2.05) is 60.2 Å². The Morgan fingerprint density at radius 3 is 2.60 bits per heavy atom. The van der Waals surface area contributed by atoms with Gasteiger partial charge in [0.1, 0.15) is 0 Å². The van der Waals surface area contributed by atoms with Crippen LogP contribution in [-0.2, 0) is 4.74 Å². The molecule has 0 amide bonds. The SMILES string of the molecule is COC(=O)c1ccc(N=Cc2cccn2-c2ccc(Cl)cc2)c(C)c1. The molecule has 5 heteroatoms. The van der Waals surface area contributed by atoms with Crippen LogP contribution in [0, 0.1) is 6.92 Å². The van der Waals surface area contributed by atoms with Crippen molar-refractivity contribution in [2.45, 2.75) is 6.92 Å². The average Bonchev–Trinajstić information content (AvgIpc) is 3.09. The molecule has 0 radical (unpaired) electrons. The molecule has 0 aliphatic carbocycles. The molecule has 0 bridgehead atoms. The lowest BCUT2D eigenvalue weighted by molar-refractivity contribution is 0.0600. The van der Waals surface area contributed by atoms with Gasteiger partial charge in [-0.2, -0.15) is 0 Å². The number of halogens is 1. The number of ether oxygens (including phenoxy) is 1. The highest BCUT2D eigenvalue weighted by molar-refractivity contribution is 6.30. The van der Waals surface area contributed by atoms with Crippen LogP contribution in [0.3, 0.4) is 0 Å². The molecule has 25 heavy (non-hydrogen) atoms. The fourth-order valence-corrected chi connectivity index (χ4v) is 2.64. The summed E-state index contributed by atoms with van der Waals surface area (Å²) in [7, 11) is 1.37. The molecule has 0 atom stereocenters. The molecule has 0 saturated heterocycles. The second kappa shape index (κ2) is 7.36. The first kappa shape index (κ1) is 17.0. The molecule has 0 aliphatic rings. The third-order valence-corrected chi connectivity index (χ3v) is 4.09. The van der Waals surface area contributed by atoms with Crippen LogP contribution in [-0.4, -0.2) is 23.9 Å². The van der Waals surface area contributed by atoms with E-state index in [0.29, 0.717) is 10.6 Å². The minimum atomic E-state index is -0.352. The van der Waals surface area contributed by atoms with Gasteiger partial charge >= 0.3 is 5.97 Å². The Kier molecular flexibility index (Phi) is 5.00. The number of aliphatic imine (C=N–C) groups is 1. The predicted octanol–water partition coefficient (Wildman–Crippen LogP) is 4.98. The molecule has 0 unspecified atom stereocenters. The smallest absolute Gasteiger partial charge is 0.337 e. The van der Waals surface area contributed by atoms with E-state index in [9.17, 15) is 4.79 Å². The lowest BCUT2D eigenvalue weighted by atomic mass is 10.1. The van der Waals surface area contributed by atoms with Crippen LogP contribution in [0.4, 0.5) is 5.69 Å². The highest BCUT2D eigenvalue weighted by Crippen LogP contribution is 2.21. The molecule has 0 spiro atoms. The lowest BCUT2D eigenvalue weighted by Gasteiger charge is -2.07. The fourth-order valence-electron chi connectivity index (χ4n) is 2.52. The van der Waals surface area contributed by atoms with Gasteiger partial charge in [0.15, 0.2) is 0 Å². The summed E-state index contributed by atoms with van der Waals surface area (Å²) in [6.45, 7) is 1.91. The first-order chi connectivity index (χ1) is 12.1. The van der Waals surface area contributed by atoms with Gasteiger partial charge in [-0.3, -0.25) is 4.99 Å². The van der Waals surface area contributed by atoms with E-state index >= 15 is 0 Å². The quantitative estimate of drug-likeness (QED) is 0.491. The maximum absolute atomic E-state index is 11.6. The standard InChI is InChI=1S/C20H17ClN2O2/c1-14-12-15(20(24)25-2)5-10-19(14)22-13-18-4-3-11-23(18)17-8-6-16(21)7-9-17/h3-13H,1-2H3. The van der Waals surface area contributed by atoms with Gasteiger partial charge < -0.3 is 9.30 Å². The van der Waals surface area contributed by atoms with Gasteiger partial charge in [-0.15, -0.1) is 0 Å². The Morgan fingerprint density at radius 1 is 1.16 bits per heavy atom. The van der Waals surface area contributed by atoms with Crippen molar-refractivity contribution in [2.24, 2.45) is 4.99 Å². The number of carbonyl (C=O) groups is 1. The lowest BCUT2D eigenvalue weighted by Crippen LogP contribution is -2.01. The summed E-state index contributed by atoms with van der Waals surface area (Å²) in [5.41, 5.74) is 4.18. The van der Waals surface area contributed by atoms with Crippen LogP contribution in [0.1, 0.15) is 21.6 Å². The van der Waals surface area contributed by atoms with Crippen LogP contribution in [0.25, 0.3) is 5.69 Å². The summed E-state index contributed by atoms with van der Waals surface area (Å²) in [5.74, 6) is -0.352. The highest BCUT2D eigenvalue weighted by Gasteiger charge is 2.07. The molecule has 4 nitrogen and oxygen atoms in total. The molecule has 0 saturated carbocycles. The van der Waals surface area contributed by atoms with Crippen LogP contribution in [0.2, 0.25) is 5.02 Å². The van der Waals surface area contributed by atoms with Crippen molar-refractivity contribution in [3.05, 3.63) is 82.6 Å². The molecule has 2 aromatic carbocycles. The summed E-state index contributed by atoms with van der Waals surface area (Å²) >= 11 is 5.95. The molecule has 3 aromatic rings. The van der Waals surface area contributed by atoms with E-state index in [-0.39, 0.29) is 5.97 Å². The number of nitrogens with zero attached hydrogens (tertiary/aromatic N) is 2. The maximum atomic E-state index is 11.6. The van der Waals surface area contributed by atoms with Crippen LogP contribution >= 0.6 is 11.6 Å². The summed E-state index contributed by atoms with van der Waals surface area (Å²) in [5, 5.41) is 0.701. The largest absolute Gasteiger partial charge is 0.465 e. The summed E-state index contributed by atoms with van der Waals surface area (Å²) in [6, 6.07) is 16.9. The highest BCUT2D eigenvalue weighted by atomic mass is 35.5. The van der Waals surface area contributed by atoms with E-state index < -0.39 is 0 Å². The Bertz CT molecular complexity index is 927. The van der Waals surface area contributed by atoms with E-state index in [1.54, 1.807) is 18.3 Å². The molecule has 126 valence electrons. The van der Waals surface area contributed by atoms with Crippen molar-refractivity contribution in [3.63, 3.8) is 0 Å². The minimum Gasteiger partial charge on any atom is -0.465 e. The zero-order valence-corrected chi connectivity index (χ0v) is 14.7. The first-order valence-corrected chi connectivity index (χ1v) is 8.12. The molecular formula is C20H17ClN2O2. The van der Waals surface area contributed by atoms with Crippen molar-refractivity contribution in [1.29, 1.82) is 0 Å². The molecule has 1 aromatic heterocycles. The van der Waals surface area contributed by atoms with Crippen LogP contribution in [0.5, 0.6) is 0 Å². The number of rotatable bonds is 4. The Balaban J connectivity index is 1.87. The van der Waals surface area contributed by atoms with Crippen LogP contribution in [0.15, 0.2) is 65.8 Å². The number of aryl methyl sites for hydroxylation is 1. The van der Waals surface area contributed by atoms with Gasteiger partial charge in [0.2, 0.25) is 0 Å². The number of carbonyl (C=O) groups excluding carboxylic acids is 1. The van der Waals surface area contributed by atoms with Gasteiger partial charge in [-0.25, -0.2) is 4.79 Å². The molecule has 0 fully saturated rings. The van der Waals surface area contributed by atoms with Crippen molar-refractivity contribution >= 4 is 29.5 Å². The summed E-state index contributed by atoms with van der Waals surface area (Å²) < 4.78 is 6.76. The Hall–Kier alpha value is -2.85. The average molecular weight is 353 g/mol. The van der Waals surface area contributed by atoms with Gasteiger partial charge in [-0.1, -0.05) is 11.6 Å². The van der Waals surface area contributed by atoms with Crippen molar-refractivity contribution in [3.8, 4) is 5.69 Å². The number of hydrogen-bond acceptors (Lipinski definition) is 3. The van der Waals surface area contributed by atoms with Gasteiger partial charge in [0.05, 0.1) is 30.3 Å². The molecule has 0 aliphatic heterocycles. The second-order valence-corrected chi connectivity index (χ2v) is 5.97. The number of aromatic nitrogens is 1. The van der Waals surface area contributed by atoms with E-state index in [2.05, 4.69) is 4.99 Å². The van der Waals surface area contributed by atoms with Crippen molar-refractivity contribution in [1.82, 2.24) is 4.57 Å². The number of benzene rings is 2. The number of hydrogen-bond donors (Lipinski definition) is 0. The monoisotopic (exact) mass is 352 g/mol. The second-order valence-electron chi connectivity index (χ2n) is 5.53. The topological polar surface area (TPSA) is 43.6 Å². The van der Waals surface area contributed by atoms with Crippen molar-refractivity contribution in [2.75, 3.05) is 7.11 Å². The van der Waals surface area contributed by atoms with Gasteiger partial charge in [-0.05, 0) is 67.1 Å².